The summed E-state index contributed by atoms with van der Waals surface area (Å²) in [5.41, 5.74) is 1.91. The summed E-state index contributed by atoms with van der Waals surface area (Å²) in [6.45, 7) is 0.187. The van der Waals surface area contributed by atoms with E-state index >= 15 is 0 Å². The molecule has 4 rings (SSSR count). The third-order valence-electron chi connectivity index (χ3n) is 5.02. The number of benzene rings is 2. The third kappa shape index (κ3) is 3.59. The van der Waals surface area contributed by atoms with Gasteiger partial charge in [-0.3, -0.25) is 9.59 Å². The number of methoxy groups -OCH3 is 2. The monoisotopic (exact) mass is 430 g/mol. The van der Waals surface area contributed by atoms with Crippen molar-refractivity contribution >= 4 is 45.8 Å². The van der Waals surface area contributed by atoms with Gasteiger partial charge >= 0.3 is 5.69 Å². The number of nitrogens with zero attached hydrogens (tertiary/aromatic N) is 1. The molecule has 2 amide bonds. The van der Waals surface area contributed by atoms with Crippen molar-refractivity contribution < 1.29 is 19.1 Å². The van der Waals surface area contributed by atoms with E-state index in [-0.39, 0.29) is 30.5 Å². The molecule has 0 unspecified atom stereocenters. The van der Waals surface area contributed by atoms with E-state index in [0.717, 1.165) is 0 Å². The number of amides is 2. The van der Waals surface area contributed by atoms with Gasteiger partial charge in [-0.2, -0.15) is 0 Å². The number of nitrogens with one attached hydrogen (secondary N) is 3. The number of H-pyrrole nitrogens is 2. The van der Waals surface area contributed by atoms with Crippen LogP contribution in [0.1, 0.15) is 6.42 Å². The highest BCUT2D eigenvalue weighted by Gasteiger charge is 2.36. The Bertz CT molecular complexity index is 1200. The SMILES string of the molecule is COc1cc(OC)c(N2C[C@H](C(=O)Nc3ccc4[nH]c(=O)[nH]c4c3)CC2=O)cc1Cl. The number of carbonyl (C=O) groups excluding carboxylic acids is 2. The smallest absolute Gasteiger partial charge is 0.323 e. The topological polar surface area (TPSA) is 117 Å². The largest absolute Gasteiger partial charge is 0.495 e. The molecule has 3 N–H and O–H groups in total. The van der Waals surface area contributed by atoms with Crippen molar-refractivity contribution in [1.82, 2.24) is 9.97 Å². The predicted molar refractivity (Wildman–Crippen MR) is 113 cm³/mol. The van der Waals surface area contributed by atoms with Gasteiger partial charge in [-0.25, -0.2) is 4.79 Å². The van der Waals surface area contributed by atoms with Crippen LogP contribution in [0, 0.1) is 5.92 Å². The van der Waals surface area contributed by atoms with Gasteiger partial charge in [0.05, 0.1) is 41.9 Å². The fourth-order valence-corrected chi connectivity index (χ4v) is 3.76. The number of anilines is 2. The highest BCUT2D eigenvalue weighted by atomic mass is 35.5. The molecule has 0 saturated carbocycles. The lowest BCUT2D eigenvalue weighted by Crippen LogP contribution is -2.28. The number of hydrogen-bond donors (Lipinski definition) is 3. The lowest BCUT2D eigenvalue weighted by molar-refractivity contribution is -0.122. The standard InChI is InChI=1S/C20H19ClN4O5/c1-29-16-8-17(30-2)15(7-12(16)21)25-9-10(5-18(25)26)19(27)22-11-3-4-13-14(6-11)24-20(28)23-13/h3-4,6-8,10H,5,9H2,1-2H3,(H,22,27)(H2,23,24,28)/t10-/m1/s1. The molecule has 2 heterocycles. The Morgan fingerprint density at radius 2 is 1.83 bits per heavy atom. The first-order chi connectivity index (χ1) is 14.4. The average molecular weight is 431 g/mol. The quantitative estimate of drug-likeness (QED) is 0.575. The number of imidazole rings is 1. The maximum absolute atomic E-state index is 12.8. The van der Waals surface area contributed by atoms with Gasteiger partial charge in [-0.15, -0.1) is 0 Å². The molecule has 1 aliphatic heterocycles. The first kappa shape index (κ1) is 19.8. The maximum atomic E-state index is 12.8. The zero-order valence-corrected chi connectivity index (χ0v) is 17.0. The molecular formula is C20H19ClN4O5. The summed E-state index contributed by atoms with van der Waals surface area (Å²) in [6, 6.07) is 8.23. The van der Waals surface area contributed by atoms with Gasteiger partial charge in [-0.05, 0) is 24.3 Å². The Labute approximate surface area is 175 Å². The molecule has 0 bridgehead atoms. The average Bonchev–Trinajstić information content (AvgIpc) is 3.29. The normalized spacial score (nSPS) is 16.2. The highest BCUT2D eigenvalue weighted by Crippen LogP contribution is 2.40. The second-order valence-electron chi connectivity index (χ2n) is 6.89. The van der Waals surface area contributed by atoms with Gasteiger partial charge in [-0.1, -0.05) is 11.6 Å². The van der Waals surface area contributed by atoms with Gasteiger partial charge in [0, 0.05) is 24.7 Å². The molecule has 1 saturated heterocycles. The van der Waals surface area contributed by atoms with Crippen molar-refractivity contribution in [3.63, 3.8) is 0 Å². The summed E-state index contributed by atoms with van der Waals surface area (Å²) in [5, 5.41) is 3.14. The molecule has 30 heavy (non-hydrogen) atoms. The minimum Gasteiger partial charge on any atom is -0.495 e. The van der Waals surface area contributed by atoms with E-state index < -0.39 is 5.92 Å². The Hall–Kier alpha value is -3.46. The van der Waals surface area contributed by atoms with E-state index in [9.17, 15) is 14.4 Å². The Balaban J connectivity index is 1.53. The molecule has 1 atom stereocenters. The number of rotatable bonds is 5. The van der Waals surface area contributed by atoms with Crippen molar-refractivity contribution in [2.75, 3.05) is 31.0 Å². The number of carbonyl (C=O) groups is 2. The van der Waals surface area contributed by atoms with Crippen LogP contribution in [0.4, 0.5) is 11.4 Å². The number of aromatic nitrogens is 2. The highest BCUT2D eigenvalue weighted by molar-refractivity contribution is 6.32. The summed E-state index contributed by atoms with van der Waals surface area (Å²) in [6.07, 6.45) is 0.0574. The fraction of sp³-hybridized carbons (Fsp3) is 0.250. The Morgan fingerprint density at radius 3 is 2.57 bits per heavy atom. The van der Waals surface area contributed by atoms with E-state index in [1.54, 1.807) is 30.3 Å². The summed E-state index contributed by atoms with van der Waals surface area (Å²) in [7, 11) is 2.97. The molecule has 3 aromatic rings. The van der Waals surface area contributed by atoms with E-state index in [1.807, 2.05) is 0 Å². The number of aromatic amines is 2. The van der Waals surface area contributed by atoms with Gasteiger partial charge in [0.15, 0.2) is 0 Å². The first-order valence-electron chi connectivity index (χ1n) is 9.14. The first-order valence-corrected chi connectivity index (χ1v) is 9.52. The molecule has 1 fully saturated rings. The van der Waals surface area contributed by atoms with Crippen LogP contribution in [-0.4, -0.2) is 42.5 Å². The third-order valence-corrected chi connectivity index (χ3v) is 5.32. The Kier molecular flexibility index (Phi) is 5.13. The maximum Gasteiger partial charge on any atom is 0.323 e. The number of halogens is 1. The zero-order chi connectivity index (χ0) is 21.4. The number of hydrogen-bond acceptors (Lipinski definition) is 5. The van der Waals surface area contributed by atoms with E-state index in [4.69, 9.17) is 21.1 Å². The van der Waals surface area contributed by atoms with Crippen molar-refractivity contribution in [1.29, 1.82) is 0 Å². The van der Waals surface area contributed by atoms with E-state index in [1.165, 1.54) is 19.1 Å². The van der Waals surface area contributed by atoms with E-state index in [0.29, 0.717) is 38.9 Å². The lowest BCUT2D eigenvalue weighted by atomic mass is 10.1. The van der Waals surface area contributed by atoms with Gasteiger partial charge in [0.1, 0.15) is 11.5 Å². The van der Waals surface area contributed by atoms with Crippen LogP contribution in [0.2, 0.25) is 5.02 Å². The van der Waals surface area contributed by atoms with Crippen LogP contribution in [0.3, 0.4) is 0 Å². The summed E-state index contributed by atoms with van der Waals surface area (Å²) in [5.74, 6) is -0.199. The van der Waals surface area contributed by atoms with Gasteiger partial charge in [0.2, 0.25) is 11.8 Å². The van der Waals surface area contributed by atoms with Gasteiger partial charge < -0.3 is 29.7 Å². The van der Waals surface area contributed by atoms with Crippen molar-refractivity contribution in [3.05, 3.63) is 45.8 Å². The van der Waals surface area contributed by atoms with Crippen LogP contribution in [-0.2, 0) is 9.59 Å². The molecule has 156 valence electrons. The molecule has 1 aliphatic rings. The van der Waals surface area contributed by atoms with Crippen molar-refractivity contribution in [2.24, 2.45) is 5.92 Å². The van der Waals surface area contributed by atoms with E-state index in [2.05, 4.69) is 15.3 Å². The van der Waals surface area contributed by atoms with Gasteiger partial charge in [0.25, 0.3) is 0 Å². The fourth-order valence-electron chi connectivity index (χ4n) is 3.53. The second-order valence-corrected chi connectivity index (χ2v) is 7.30. The van der Waals surface area contributed by atoms with Crippen LogP contribution >= 0.6 is 11.6 Å². The second kappa shape index (κ2) is 7.75. The molecule has 0 spiro atoms. The summed E-state index contributed by atoms with van der Waals surface area (Å²) in [4.78, 5) is 43.5. The number of ether oxygens (including phenoxy) is 2. The minimum absolute atomic E-state index is 0.0574. The lowest BCUT2D eigenvalue weighted by Gasteiger charge is -2.21. The predicted octanol–water partition coefficient (Wildman–Crippen LogP) is 2.52. The zero-order valence-electron chi connectivity index (χ0n) is 16.2. The molecule has 1 aromatic heterocycles. The van der Waals surface area contributed by atoms with Crippen LogP contribution in [0.5, 0.6) is 11.5 Å². The summed E-state index contributed by atoms with van der Waals surface area (Å²) >= 11 is 6.21. The molecule has 0 aliphatic carbocycles. The molecule has 9 nitrogen and oxygen atoms in total. The van der Waals surface area contributed by atoms with Crippen LogP contribution in [0.25, 0.3) is 11.0 Å². The molecule has 10 heteroatoms. The number of fused-ring (bicyclic) bond motifs is 1. The minimum atomic E-state index is -0.552. The van der Waals surface area contributed by atoms with Crippen molar-refractivity contribution in [2.45, 2.75) is 6.42 Å². The molecular weight excluding hydrogens is 412 g/mol. The molecule has 2 aromatic carbocycles. The summed E-state index contributed by atoms with van der Waals surface area (Å²) < 4.78 is 10.6. The Morgan fingerprint density at radius 1 is 1.10 bits per heavy atom. The van der Waals surface area contributed by atoms with Crippen LogP contribution in [0.15, 0.2) is 35.1 Å². The van der Waals surface area contributed by atoms with Crippen LogP contribution < -0.4 is 25.4 Å². The van der Waals surface area contributed by atoms with Crippen molar-refractivity contribution in [3.8, 4) is 11.5 Å². The molecule has 0 radical (unpaired) electrons.